The molecule has 6 heteroatoms. The van der Waals surface area contributed by atoms with Gasteiger partial charge in [0.1, 0.15) is 11.4 Å². The largest absolute Gasteiger partial charge is 0.496 e. The lowest BCUT2D eigenvalue weighted by atomic mass is 10.0. The third kappa shape index (κ3) is 3.96. The van der Waals surface area contributed by atoms with Crippen LogP contribution in [0, 0.1) is 0 Å². The van der Waals surface area contributed by atoms with Crippen LogP contribution in [0.25, 0.3) is 5.57 Å². The molecule has 3 aromatic rings. The van der Waals surface area contributed by atoms with E-state index in [4.69, 9.17) is 4.74 Å². The molecule has 0 fully saturated rings. The van der Waals surface area contributed by atoms with Crippen molar-refractivity contribution < 1.29 is 14.3 Å². The van der Waals surface area contributed by atoms with Gasteiger partial charge in [-0.2, -0.15) is 0 Å². The number of carbonyl (C=O) groups excluding carboxylic acids is 2. The third-order valence-electron chi connectivity index (χ3n) is 5.71. The Morgan fingerprint density at radius 3 is 2.03 bits per heavy atom. The van der Waals surface area contributed by atoms with Crippen molar-refractivity contribution in [3.63, 3.8) is 0 Å². The molecule has 0 N–H and O–H groups in total. The van der Waals surface area contributed by atoms with Gasteiger partial charge in [0.15, 0.2) is 0 Å². The molecule has 0 unspecified atom stereocenters. The SMILES string of the molecule is CCN(C1=C(c2ccccc2OC)C(=O)N(c2ccc(N(C)C)cc2)C1=O)c1ccccc1. The van der Waals surface area contributed by atoms with Crippen LogP contribution in [-0.2, 0) is 9.59 Å². The summed E-state index contributed by atoms with van der Waals surface area (Å²) in [6.45, 7) is 2.48. The van der Waals surface area contributed by atoms with Gasteiger partial charge in [-0.05, 0) is 49.4 Å². The number of rotatable bonds is 7. The van der Waals surface area contributed by atoms with Crippen molar-refractivity contribution >= 4 is 34.4 Å². The van der Waals surface area contributed by atoms with Crippen LogP contribution >= 0.6 is 0 Å². The predicted molar refractivity (Wildman–Crippen MR) is 133 cm³/mol. The van der Waals surface area contributed by atoms with Crippen molar-refractivity contribution in [2.75, 3.05) is 42.4 Å². The van der Waals surface area contributed by atoms with Crippen LogP contribution in [0.4, 0.5) is 17.1 Å². The van der Waals surface area contributed by atoms with E-state index in [0.29, 0.717) is 34.8 Å². The normalized spacial score (nSPS) is 13.5. The summed E-state index contributed by atoms with van der Waals surface area (Å²) in [6.07, 6.45) is 0. The second kappa shape index (κ2) is 9.20. The van der Waals surface area contributed by atoms with E-state index in [1.807, 2.05) is 91.5 Å². The zero-order valence-corrected chi connectivity index (χ0v) is 19.3. The van der Waals surface area contributed by atoms with Gasteiger partial charge in [-0.3, -0.25) is 9.59 Å². The average molecular weight is 442 g/mol. The van der Waals surface area contributed by atoms with Crippen molar-refractivity contribution in [3.8, 4) is 5.75 Å². The molecule has 0 spiro atoms. The Morgan fingerprint density at radius 1 is 0.788 bits per heavy atom. The molecular formula is C27H27N3O3. The second-order valence-corrected chi connectivity index (χ2v) is 7.86. The van der Waals surface area contributed by atoms with Crippen molar-refractivity contribution in [3.05, 3.63) is 90.1 Å². The maximum Gasteiger partial charge on any atom is 0.282 e. The first-order valence-electron chi connectivity index (χ1n) is 10.8. The second-order valence-electron chi connectivity index (χ2n) is 7.86. The molecule has 1 heterocycles. The zero-order chi connectivity index (χ0) is 23.5. The number of hydrogen-bond donors (Lipinski definition) is 0. The van der Waals surface area contributed by atoms with E-state index in [1.165, 1.54) is 4.90 Å². The molecule has 3 aromatic carbocycles. The lowest BCUT2D eigenvalue weighted by molar-refractivity contribution is -0.120. The Balaban J connectivity index is 1.90. The van der Waals surface area contributed by atoms with Crippen LogP contribution in [0.3, 0.4) is 0 Å². The molecule has 4 rings (SSSR count). The van der Waals surface area contributed by atoms with Crippen LogP contribution in [-0.4, -0.2) is 39.6 Å². The summed E-state index contributed by atoms with van der Waals surface area (Å²) in [6, 6.07) is 24.3. The molecule has 168 valence electrons. The summed E-state index contributed by atoms with van der Waals surface area (Å²) in [5.74, 6) is -0.184. The summed E-state index contributed by atoms with van der Waals surface area (Å²) in [7, 11) is 5.45. The topological polar surface area (TPSA) is 53.1 Å². The molecule has 33 heavy (non-hydrogen) atoms. The van der Waals surface area contributed by atoms with E-state index in [0.717, 1.165) is 11.4 Å². The van der Waals surface area contributed by atoms with E-state index < -0.39 is 0 Å². The van der Waals surface area contributed by atoms with Crippen LogP contribution < -0.4 is 19.4 Å². The third-order valence-corrected chi connectivity index (χ3v) is 5.71. The fraction of sp³-hybridized carbons (Fsp3) is 0.185. The number of carbonyl (C=O) groups is 2. The highest BCUT2D eigenvalue weighted by Crippen LogP contribution is 2.39. The molecule has 0 atom stereocenters. The molecule has 0 bridgehead atoms. The van der Waals surface area contributed by atoms with E-state index in [9.17, 15) is 9.59 Å². The molecule has 6 nitrogen and oxygen atoms in total. The number of likely N-dealkylation sites (N-methyl/N-ethyl adjacent to an activating group) is 1. The molecule has 2 amide bonds. The first-order chi connectivity index (χ1) is 16.0. The minimum absolute atomic E-state index is 0.333. The van der Waals surface area contributed by atoms with Gasteiger partial charge in [0.2, 0.25) is 0 Å². The van der Waals surface area contributed by atoms with Crippen LogP contribution in [0.5, 0.6) is 5.75 Å². The van der Waals surface area contributed by atoms with Gasteiger partial charge in [-0.25, -0.2) is 4.90 Å². The Morgan fingerprint density at radius 2 is 1.42 bits per heavy atom. The Bertz CT molecular complexity index is 1200. The fourth-order valence-electron chi connectivity index (χ4n) is 4.07. The summed E-state index contributed by atoms with van der Waals surface area (Å²) < 4.78 is 5.55. The smallest absolute Gasteiger partial charge is 0.282 e. The first kappa shape index (κ1) is 22.1. The average Bonchev–Trinajstić information content (AvgIpc) is 3.10. The van der Waals surface area contributed by atoms with Crippen LogP contribution in [0.15, 0.2) is 84.6 Å². The Hall–Kier alpha value is -4.06. The van der Waals surface area contributed by atoms with Crippen molar-refractivity contribution in [1.82, 2.24) is 0 Å². The Labute approximate surface area is 194 Å². The summed E-state index contributed by atoms with van der Waals surface area (Å²) in [5.41, 5.74) is 3.62. The molecule has 1 aliphatic rings. The number of para-hydroxylation sites is 2. The lowest BCUT2D eigenvalue weighted by Crippen LogP contribution is -2.35. The number of imide groups is 1. The van der Waals surface area contributed by atoms with E-state index in [1.54, 1.807) is 25.3 Å². The standard InChI is InChI=1S/C27H27N3O3/c1-5-29(20-11-7-6-8-12-20)25-24(22-13-9-10-14-23(22)33-4)26(31)30(27(25)32)21-17-15-19(16-18-21)28(2)3/h6-18H,5H2,1-4H3. The highest BCUT2D eigenvalue weighted by atomic mass is 16.5. The molecule has 0 radical (unpaired) electrons. The summed E-state index contributed by atoms with van der Waals surface area (Å²) in [5, 5.41) is 0. The van der Waals surface area contributed by atoms with Crippen LogP contribution in [0.2, 0.25) is 0 Å². The first-order valence-corrected chi connectivity index (χ1v) is 10.8. The number of methoxy groups -OCH3 is 1. The summed E-state index contributed by atoms with van der Waals surface area (Å²) >= 11 is 0. The maximum absolute atomic E-state index is 13.8. The van der Waals surface area contributed by atoms with Crippen molar-refractivity contribution in [2.45, 2.75) is 6.92 Å². The molecule has 0 saturated carbocycles. The van der Waals surface area contributed by atoms with Crippen LogP contribution in [0.1, 0.15) is 12.5 Å². The van der Waals surface area contributed by atoms with Gasteiger partial charge >= 0.3 is 0 Å². The molecular weight excluding hydrogens is 414 g/mol. The highest BCUT2D eigenvalue weighted by molar-refractivity contribution is 6.46. The lowest BCUT2D eigenvalue weighted by Gasteiger charge is -2.25. The zero-order valence-electron chi connectivity index (χ0n) is 19.3. The van der Waals surface area contributed by atoms with Gasteiger partial charge in [-0.1, -0.05) is 36.4 Å². The molecule has 1 aliphatic heterocycles. The quantitative estimate of drug-likeness (QED) is 0.503. The van der Waals surface area contributed by atoms with Gasteiger partial charge in [-0.15, -0.1) is 0 Å². The highest BCUT2D eigenvalue weighted by Gasteiger charge is 2.43. The molecule has 0 saturated heterocycles. The molecule has 0 aromatic heterocycles. The van der Waals surface area contributed by atoms with Gasteiger partial charge in [0.25, 0.3) is 11.8 Å². The fourth-order valence-corrected chi connectivity index (χ4v) is 4.07. The minimum Gasteiger partial charge on any atom is -0.496 e. The van der Waals surface area contributed by atoms with Gasteiger partial charge < -0.3 is 14.5 Å². The van der Waals surface area contributed by atoms with Gasteiger partial charge in [0.05, 0.1) is 18.4 Å². The number of hydrogen-bond acceptors (Lipinski definition) is 5. The maximum atomic E-state index is 13.8. The van der Waals surface area contributed by atoms with E-state index in [2.05, 4.69) is 0 Å². The predicted octanol–water partition coefficient (Wildman–Crippen LogP) is 4.57. The monoisotopic (exact) mass is 441 g/mol. The molecule has 0 aliphatic carbocycles. The van der Waals surface area contributed by atoms with E-state index in [-0.39, 0.29) is 11.8 Å². The Kier molecular flexibility index (Phi) is 6.18. The van der Waals surface area contributed by atoms with Crippen molar-refractivity contribution in [1.29, 1.82) is 0 Å². The number of nitrogens with zero attached hydrogens (tertiary/aromatic N) is 3. The van der Waals surface area contributed by atoms with Crippen molar-refractivity contribution in [2.24, 2.45) is 0 Å². The number of benzene rings is 3. The summed E-state index contributed by atoms with van der Waals surface area (Å²) in [4.78, 5) is 32.8. The number of anilines is 3. The number of ether oxygens (including phenoxy) is 1. The number of amides is 2. The van der Waals surface area contributed by atoms with Gasteiger partial charge in [0, 0.05) is 37.6 Å². The van der Waals surface area contributed by atoms with E-state index >= 15 is 0 Å². The minimum atomic E-state index is -0.369.